The summed E-state index contributed by atoms with van der Waals surface area (Å²) in [5.41, 5.74) is 10.4. The normalized spacial score (nSPS) is 11.4. The minimum Gasteiger partial charge on any atom is -0.263 e. The standard InChI is InChI=1S/C41H28N2/c1-27-22-30(20-21-43-27)33-24-32(25-42-26-33)29-12-8-13-31(23-29)40-36-15-4-6-17-38(36)41(39-18-7-5-16-37(39)40)35-19-9-11-28-10-2-3-14-34(28)35/h2-26H,1H3. The third-order valence-corrected chi connectivity index (χ3v) is 8.44. The first-order valence-electron chi connectivity index (χ1n) is 14.6. The molecule has 8 rings (SSSR count). The molecule has 0 aliphatic rings. The van der Waals surface area contributed by atoms with Crippen molar-refractivity contribution in [3.63, 3.8) is 0 Å². The lowest BCUT2D eigenvalue weighted by Crippen LogP contribution is -1.92. The maximum atomic E-state index is 4.62. The minimum absolute atomic E-state index is 0.996. The van der Waals surface area contributed by atoms with Gasteiger partial charge >= 0.3 is 0 Å². The molecule has 0 unspecified atom stereocenters. The molecule has 0 bridgehead atoms. The van der Waals surface area contributed by atoms with Crippen LogP contribution < -0.4 is 0 Å². The van der Waals surface area contributed by atoms with Crippen LogP contribution >= 0.6 is 0 Å². The molecule has 6 aromatic carbocycles. The minimum atomic E-state index is 0.996. The summed E-state index contributed by atoms with van der Waals surface area (Å²) in [5, 5.41) is 7.54. The zero-order chi connectivity index (χ0) is 28.8. The monoisotopic (exact) mass is 548 g/mol. The van der Waals surface area contributed by atoms with Crippen molar-refractivity contribution in [3.8, 4) is 44.5 Å². The number of benzene rings is 6. The Morgan fingerprint density at radius 1 is 0.419 bits per heavy atom. The highest BCUT2D eigenvalue weighted by Crippen LogP contribution is 2.45. The molecule has 202 valence electrons. The largest absolute Gasteiger partial charge is 0.263 e. The third-order valence-electron chi connectivity index (χ3n) is 8.44. The molecule has 0 aliphatic heterocycles. The van der Waals surface area contributed by atoms with Crippen LogP contribution in [0, 0.1) is 6.92 Å². The van der Waals surface area contributed by atoms with E-state index in [2.05, 4.69) is 137 Å². The Hall–Kier alpha value is -5.60. The summed E-state index contributed by atoms with van der Waals surface area (Å²) in [4.78, 5) is 8.98. The van der Waals surface area contributed by atoms with Gasteiger partial charge in [0.15, 0.2) is 0 Å². The SMILES string of the molecule is Cc1cc(-c2cncc(-c3cccc(-c4c5ccccc5c(-c5cccc6ccccc56)c5ccccc45)c3)c2)ccn1. The van der Waals surface area contributed by atoms with Crippen LogP contribution in [0.15, 0.2) is 152 Å². The number of hydrogen-bond acceptors (Lipinski definition) is 2. The molecule has 0 saturated heterocycles. The highest BCUT2D eigenvalue weighted by Gasteiger charge is 2.18. The van der Waals surface area contributed by atoms with Crippen molar-refractivity contribution in [2.75, 3.05) is 0 Å². The van der Waals surface area contributed by atoms with Crippen molar-refractivity contribution in [3.05, 3.63) is 158 Å². The first-order chi connectivity index (χ1) is 21.2. The molecule has 0 saturated carbocycles. The Morgan fingerprint density at radius 2 is 0.953 bits per heavy atom. The van der Waals surface area contributed by atoms with Crippen molar-refractivity contribution in [2.24, 2.45) is 0 Å². The van der Waals surface area contributed by atoms with Gasteiger partial charge in [0, 0.05) is 35.4 Å². The van der Waals surface area contributed by atoms with Gasteiger partial charge < -0.3 is 0 Å². The first-order valence-corrected chi connectivity index (χ1v) is 14.6. The molecule has 0 amide bonds. The summed E-state index contributed by atoms with van der Waals surface area (Å²) < 4.78 is 0. The smallest absolute Gasteiger partial charge is 0.0378 e. The molecule has 0 aliphatic carbocycles. The van der Waals surface area contributed by atoms with E-state index in [0.717, 1.165) is 27.9 Å². The Bertz CT molecular complexity index is 2250. The van der Waals surface area contributed by atoms with Gasteiger partial charge in [-0.2, -0.15) is 0 Å². The molecule has 8 aromatic rings. The van der Waals surface area contributed by atoms with E-state index >= 15 is 0 Å². The van der Waals surface area contributed by atoms with Crippen LogP contribution in [-0.4, -0.2) is 9.97 Å². The van der Waals surface area contributed by atoms with Gasteiger partial charge in [-0.15, -0.1) is 0 Å². The fourth-order valence-electron chi connectivity index (χ4n) is 6.51. The second kappa shape index (κ2) is 10.3. The zero-order valence-corrected chi connectivity index (χ0v) is 23.8. The third kappa shape index (κ3) is 4.36. The summed E-state index contributed by atoms with van der Waals surface area (Å²) >= 11 is 0. The van der Waals surface area contributed by atoms with E-state index in [9.17, 15) is 0 Å². The molecule has 0 fully saturated rings. The van der Waals surface area contributed by atoms with E-state index < -0.39 is 0 Å². The summed E-state index contributed by atoms with van der Waals surface area (Å²) in [7, 11) is 0. The quantitative estimate of drug-likeness (QED) is 0.204. The molecule has 0 radical (unpaired) electrons. The van der Waals surface area contributed by atoms with Gasteiger partial charge in [0.1, 0.15) is 0 Å². The summed E-state index contributed by atoms with van der Waals surface area (Å²) in [6.07, 6.45) is 5.74. The van der Waals surface area contributed by atoms with Crippen molar-refractivity contribution in [1.82, 2.24) is 9.97 Å². The van der Waals surface area contributed by atoms with E-state index in [1.54, 1.807) is 0 Å². The van der Waals surface area contributed by atoms with Crippen molar-refractivity contribution in [1.29, 1.82) is 0 Å². The second-order valence-corrected chi connectivity index (χ2v) is 11.1. The van der Waals surface area contributed by atoms with Gasteiger partial charge in [-0.05, 0) is 96.9 Å². The molecular weight excluding hydrogens is 520 g/mol. The van der Waals surface area contributed by atoms with E-state index in [4.69, 9.17) is 0 Å². The number of aromatic nitrogens is 2. The van der Waals surface area contributed by atoms with Crippen LogP contribution in [0.25, 0.3) is 76.8 Å². The van der Waals surface area contributed by atoms with Gasteiger partial charge in [-0.1, -0.05) is 109 Å². The number of pyridine rings is 2. The fourth-order valence-corrected chi connectivity index (χ4v) is 6.51. The van der Waals surface area contributed by atoms with E-state index in [-0.39, 0.29) is 0 Å². The Kier molecular flexibility index (Phi) is 6.05. The fraction of sp³-hybridized carbons (Fsp3) is 0.0244. The molecule has 0 N–H and O–H groups in total. The van der Waals surface area contributed by atoms with Crippen LogP contribution in [-0.2, 0) is 0 Å². The summed E-state index contributed by atoms with van der Waals surface area (Å²) in [5.74, 6) is 0. The zero-order valence-electron chi connectivity index (χ0n) is 23.8. The average molecular weight is 549 g/mol. The van der Waals surface area contributed by atoms with Crippen LogP contribution in [0.4, 0.5) is 0 Å². The van der Waals surface area contributed by atoms with Gasteiger partial charge in [-0.3, -0.25) is 9.97 Å². The molecule has 2 heteroatoms. The number of hydrogen-bond donors (Lipinski definition) is 0. The molecule has 0 spiro atoms. The van der Waals surface area contributed by atoms with Gasteiger partial charge in [-0.25, -0.2) is 0 Å². The molecule has 2 aromatic heterocycles. The number of aryl methyl sites for hydroxylation is 1. The van der Waals surface area contributed by atoms with Crippen molar-refractivity contribution < 1.29 is 0 Å². The first kappa shape index (κ1) is 25.1. The second-order valence-electron chi connectivity index (χ2n) is 11.1. The molecule has 2 heterocycles. The van der Waals surface area contributed by atoms with E-state index in [0.29, 0.717) is 0 Å². The lowest BCUT2D eigenvalue weighted by molar-refractivity contribution is 1.20. The predicted octanol–water partition coefficient (Wildman–Crippen LogP) is 10.9. The van der Waals surface area contributed by atoms with Crippen molar-refractivity contribution >= 4 is 32.3 Å². The Morgan fingerprint density at radius 3 is 1.65 bits per heavy atom. The van der Waals surface area contributed by atoms with Crippen LogP contribution in [0.1, 0.15) is 5.69 Å². The van der Waals surface area contributed by atoms with Crippen molar-refractivity contribution in [2.45, 2.75) is 6.92 Å². The molecular formula is C41H28N2. The van der Waals surface area contributed by atoms with Gasteiger partial charge in [0.2, 0.25) is 0 Å². The molecule has 43 heavy (non-hydrogen) atoms. The number of nitrogens with zero attached hydrogens (tertiary/aromatic N) is 2. The van der Waals surface area contributed by atoms with Gasteiger partial charge in [0.05, 0.1) is 0 Å². The maximum absolute atomic E-state index is 4.62. The highest BCUT2D eigenvalue weighted by molar-refractivity contribution is 6.23. The highest BCUT2D eigenvalue weighted by atomic mass is 14.7. The lowest BCUT2D eigenvalue weighted by Gasteiger charge is -2.19. The van der Waals surface area contributed by atoms with Crippen LogP contribution in [0.5, 0.6) is 0 Å². The van der Waals surface area contributed by atoms with Crippen LogP contribution in [0.3, 0.4) is 0 Å². The Balaban J connectivity index is 1.36. The predicted molar refractivity (Wildman–Crippen MR) is 181 cm³/mol. The topological polar surface area (TPSA) is 25.8 Å². The summed E-state index contributed by atoms with van der Waals surface area (Å²) in [6.45, 7) is 2.02. The lowest BCUT2D eigenvalue weighted by atomic mass is 9.84. The molecule has 2 nitrogen and oxygen atoms in total. The maximum Gasteiger partial charge on any atom is 0.0378 e. The number of rotatable bonds is 4. The Labute approximate surface area is 251 Å². The summed E-state index contributed by atoms with van der Waals surface area (Å²) in [6, 6.07) is 48.3. The van der Waals surface area contributed by atoms with E-state index in [1.807, 2.05) is 31.6 Å². The molecule has 0 atom stereocenters. The van der Waals surface area contributed by atoms with E-state index in [1.165, 1.54) is 54.6 Å². The number of fused-ring (bicyclic) bond motifs is 3. The average Bonchev–Trinajstić information content (AvgIpc) is 3.07. The van der Waals surface area contributed by atoms with Gasteiger partial charge in [0.25, 0.3) is 0 Å². The van der Waals surface area contributed by atoms with Crippen LogP contribution in [0.2, 0.25) is 0 Å².